The molecule has 0 saturated carbocycles. The highest BCUT2D eigenvalue weighted by molar-refractivity contribution is 7.09. The van der Waals surface area contributed by atoms with Crippen LogP contribution < -0.4 is 10.6 Å². The number of guanidine groups is 1. The topological polar surface area (TPSA) is 52.6 Å². The summed E-state index contributed by atoms with van der Waals surface area (Å²) in [6.07, 6.45) is 2.64. The van der Waals surface area contributed by atoms with Gasteiger partial charge < -0.3 is 10.6 Å². The van der Waals surface area contributed by atoms with Gasteiger partial charge in [0.1, 0.15) is 5.01 Å². The lowest BCUT2D eigenvalue weighted by Gasteiger charge is -2.35. The minimum absolute atomic E-state index is 0.487. The Morgan fingerprint density at radius 2 is 2.04 bits per heavy atom. The van der Waals surface area contributed by atoms with Gasteiger partial charge in [-0.15, -0.1) is 11.3 Å². The van der Waals surface area contributed by atoms with E-state index in [1.54, 1.807) is 11.3 Å². The zero-order chi connectivity index (χ0) is 17.5. The molecule has 0 spiro atoms. The summed E-state index contributed by atoms with van der Waals surface area (Å²) in [7, 11) is 1.82. The Balaban J connectivity index is 1.73. The maximum absolute atomic E-state index is 4.66. The lowest BCUT2D eigenvalue weighted by atomic mass is 9.98. The van der Waals surface area contributed by atoms with Crippen LogP contribution in [0, 0.1) is 5.92 Å². The molecule has 1 fully saturated rings. The summed E-state index contributed by atoms with van der Waals surface area (Å²) < 4.78 is 0. The molecule has 2 N–H and O–H groups in total. The number of thiazole rings is 1. The third kappa shape index (κ3) is 5.74. The molecule has 5 nitrogen and oxygen atoms in total. The number of rotatable bonds is 6. The van der Waals surface area contributed by atoms with E-state index in [1.165, 1.54) is 31.6 Å². The van der Waals surface area contributed by atoms with Crippen LogP contribution in [0.15, 0.2) is 10.4 Å². The maximum atomic E-state index is 4.66. The zero-order valence-corrected chi connectivity index (χ0v) is 16.6. The number of hydrogen-bond acceptors (Lipinski definition) is 4. The first-order valence-corrected chi connectivity index (χ1v) is 10.0. The Bertz CT molecular complexity index is 517. The van der Waals surface area contributed by atoms with E-state index in [4.69, 9.17) is 0 Å². The molecule has 0 aromatic carbocycles. The largest absolute Gasteiger partial charge is 0.355 e. The molecule has 1 aromatic rings. The molecule has 2 heterocycles. The fourth-order valence-electron chi connectivity index (χ4n) is 2.89. The first kappa shape index (κ1) is 19.2. The van der Waals surface area contributed by atoms with Gasteiger partial charge in [0.15, 0.2) is 5.96 Å². The first-order chi connectivity index (χ1) is 11.5. The van der Waals surface area contributed by atoms with Gasteiger partial charge in [0, 0.05) is 25.0 Å². The van der Waals surface area contributed by atoms with Crippen molar-refractivity contribution >= 4 is 17.3 Å². The van der Waals surface area contributed by atoms with Crippen molar-refractivity contribution in [3.8, 4) is 0 Å². The monoisotopic (exact) mass is 351 g/mol. The second kappa shape index (κ2) is 9.37. The average Bonchev–Trinajstić information content (AvgIpc) is 3.04. The number of aliphatic imine (C=N–C) groups is 1. The van der Waals surface area contributed by atoms with Crippen molar-refractivity contribution in [3.05, 3.63) is 16.1 Å². The van der Waals surface area contributed by atoms with Crippen LogP contribution in [0.4, 0.5) is 0 Å². The summed E-state index contributed by atoms with van der Waals surface area (Å²) in [5, 5.41) is 10.1. The fourth-order valence-corrected chi connectivity index (χ4v) is 3.79. The van der Waals surface area contributed by atoms with Crippen molar-refractivity contribution in [1.29, 1.82) is 0 Å². The summed E-state index contributed by atoms with van der Waals surface area (Å²) in [5.41, 5.74) is 1.17. The van der Waals surface area contributed by atoms with Crippen LogP contribution in [-0.2, 0) is 6.54 Å². The van der Waals surface area contributed by atoms with Gasteiger partial charge in [0.25, 0.3) is 0 Å². The minimum atomic E-state index is 0.487. The number of hydrogen-bond donors (Lipinski definition) is 2. The molecular weight excluding hydrogens is 318 g/mol. The molecular formula is C18H33N5S. The predicted octanol–water partition coefficient (Wildman–Crippen LogP) is 3.05. The second-order valence-corrected chi connectivity index (χ2v) is 8.14. The van der Waals surface area contributed by atoms with E-state index in [9.17, 15) is 0 Å². The van der Waals surface area contributed by atoms with Crippen LogP contribution in [0.5, 0.6) is 0 Å². The predicted molar refractivity (Wildman–Crippen MR) is 104 cm³/mol. The molecule has 2 rings (SSSR count). The number of nitrogens with zero attached hydrogens (tertiary/aromatic N) is 3. The maximum Gasteiger partial charge on any atom is 0.191 e. The normalized spacial score (nSPS) is 18.8. The van der Waals surface area contributed by atoms with Crippen LogP contribution in [-0.4, -0.2) is 48.6 Å². The van der Waals surface area contributed by atoms with Crippen LogP contribution in [0.3, 0.4) is 0 Å². The van der Waals surface area contributed by atoms with Gasteiger partial charge in [0.05, 0.1) is 12.2 Å². The lowest BCUT2D eigenvalue weighted by molar-refractivity contribution is 0.147. The van der Waals surface area contributed by atoms with E-state index in [0.717, 1.165) is 30.0 Å². The molecule has 24 heavy (non-hydrogen) atoms. The molecule has 1 aliphatic heterocycles. The molecule has 1 aromatic heterocycles. The molecule has 1 unspecified atom stereocenters. The summed E-state index contributed by atoms with van der Waals surface area (Å²) >= 11 is 1.71. The molecule has 136 valence electrons. The van der Waals surface area contributed by atoms with Gasteiger partial charge in [-0.25, -0.2) is 4.98 Å². The highest BCUT2D eigenvalue weighted by atomic mass is 32.1. The Labute approximate surface area is 151 Å². The molecule has 6 heteroatoms. The van der Waals surface area contributed by atoms with Crippen molar-refractivity contribution in [2.75, 3.05) is 26.7 Å². The quantitative estimate of drug-likeness (QED) is 0.611. The number of likely N-dealkylation sites (tertiary alicyclic amines) is 1. The third-order valence-electron chi connectivity index (χ3n) is 4.80. The second-order valence-electron chi connectivity index (χ2n) is 7.19. The van der Waals surface area contributed by atoms with E-state index in [2.05, 4.69) is 58.6 Å². The van der Waals surface area contributed by atoms with Crippen molar-refractivity contribution in [1.82, 2.24) is 20.5 Å². The van der Waals surface area contributed by atoms with Gasteiger partial charge in [0.2, 0.25) is 0 Å². The first-order valence-electron chi connectivity index (χ1n) is 9.12. The van der Waals surface area contributed by atoms with E-state index in [1.807, 2.05) is 7.05 Å². The Morgan fingerprint density at radius 1 is 1.33 bits per heavy atom. The van der Waals surface area contributed by atoms with Gasteiger partial charge in [-0.2, -0.15) is 0 Å². The van der Waals surface area contributed by atoms with E-state index >= 15 is 0 Å². The Morgan fingerprint density at radius 3 is 2.62 bits per heavy atom. The van der Waals surface area contributed by atoms with Crippen molar-refractivity contribution < 1.29 is 0 Å². The van der Waals surface area contributed by atoms with Crippen molar-refractivity contribution in [2.45, 2.75) is 59.0 Å². The Hall–Kier alpha value is -1.14. The number of piperidine rings is 1. The molecule has 1 atom stereocenters. The summed E-state index contributed by atoms with van der Waals surface area (Å²) in [5.74, 6) is 2.22. The highest BCUT2D eigenvalue weighted by Gasteiger charge is 2.20. The summed E-state index contributed by atoms with van der Waals surface area (Å²) in [6.45, 7) is 13.1. The van der Waals surface area contributed by atoms with Gasteiger partial charge in [-0.1, -0.05) is 20.8 Å². The highest BCUT2D eigenvalue weighted by Crippen LogP contribution is 2.18. The molecule has 0 bridgehead atoms. The zero-order valence-electron chi connectivity index (χ0n) is 15.8. The average molecular weight is 352 g/mol. The third-order valence-corrected chi connectivity index (χ3v) is 5.67. The SMILES string of the molecule is CN=C(NCc1nc(C(C)C)cs1)NCC(C)N1CCC(C)CC1. The van der Waals surface area contributed by atoms with Crippen LogP contribution >= 0.6 is 11.3 Å². The Kier molecular flexibility index (Phi) is 7.49. The standard InChI is InChI=1S/C18H33N5S/c1-13(2)16-12-24-17(22-16)11-21-18(19-5)20-10-15(4)23-8-6-14(3)7-9-23/h12-15H,6-11H2,1-5H3,(H2,19,20,21). The van der Waals surface area contributed by atoms with E-state index in [-0.39, 0.29) is 0 Å². The van der Waals surface area contributed by atoms with Crippen molar-refractivity contribution in [3.63, 3.8) is 0 Å². The molecule has 0 amide bonds. The van der Waals surface area contributed by atoms with Crippen LogP contribution in [0.2, 0.25) is 0 Å². The van der Waals surface area contributed by atoms with Crippen LogP contribution in [0.1, 0.15) is 57.2 Å². The van der Waals surface area contributed by atoms with E-state index in [0.29, 0.717) is 12.0 Å². The van der Waals surface area contributed by atoms with Gasteiger partial charge >= 0.3 is 0 Å². The lowest BCUT2D eigenvalue weighted by Crippen LogP contribution is -2.47. The van der Waals surface area contributed by atoms with E-state index < -0.39 is 0 Å². The summed E-state index contributed by atoms with van der Waals surface area (Å²) in [6, 6.07) is 0.531. The van der Waals surface area contributed by atoms with Crippen LogP contribution in [0.25, 0.3) is 0 Å². The fraction of sp³-hybridized carbons (Fsp3) is 0.778. The number of aromatic nitrogens is 1. The molecule has 0 radical (unpaired) electrons. The van der Waals surface area contributed by atoms with Crippen molar-refractivity contribution in [2.24, 2.45) is 10.9 Å². The molecule has 1 aliphatic rings. The molecule has 1 saturated heterocycles. The minimum Gasteiger partial charge on any atom is -0.355 e. The summed E-state index contributed by atoms with van der Waals surface area (Å²) in [4.78, 5) is 11.6. The van der Waals surface area contributed by atoms with Gasteiger partial charge in [-0.3, -0.25) is 9.89 Å². The molecule has 0 aliphatic carbocycles. The van der Waals surface area contributed by atoms with Gasteiger partial charge in [-0.05, 0) is 44.7 Å². The number of nitrogens with one attached hydrogen (secondary N) is 2. The smallest absolute Gasteiger partial charge is 0.191 e.